The van der Waals surface area contributed by atoms with Crippen molar-refractivity contribution in [2.24, 2.45) is 5.73 Å². The molecule has 2 rings (SSSR count). The minimum atomic E-state index is -0.621. The van der Waals surface area contributed by atoms with Crippen LogP contribution in [-0.2, 0) is 0 Å². The summed E-state index contributed by atoms with van der Waals surface area (Å²) >= 11 is 5.86. The van der Waals surface area contributed by atoms with Crippen molar-refractivity contribution in [1.82, 2.24) is 0 Å². The van der Waals surface area contributed by atoms with Gasteiger partial charge in [-0.25, -0.2) is 0 Å². The second-order valence-corrected chi connectivity index (χ2v) is 4.31. The molecule has 0 aliphatic heterocycles. The molecule has 0 aliphatic rings. The molecule has 4 nitrogen and oxygen atoms in total. The molecule has 1 amide bonds. The Kier molecular flexibility index (Phi) is 3.41. The van der Waals surface area contributed by atoms with Gasteiger partial charge in [0.05, 0.1) is 16.1 Å². The molecule has 2 aromatic carbocycles. The first-order chi connectivity index (χ1) is 9.02. The Hall–Kier alpha value is -2.51. The number of phenolic OH excluding ortho intramolecular Hbond substituents is 1. The van der Waals surface area contributed by atoms with Crippen LogP contribution in [-0.4, -0.2) is 11.0 Å². The molecule has 94 valence electrons. The molecule has 0 aromatic heterocycles. The van der Waals surface area contributed by atoms with Crippen LogP contribution >= 0.6 is 11.6 Å². The molecule has 0 unspecified atom stereocenters. The minimum absolute atomic E-state index is 0.115. The third kappa shape index (κ3) is 2.51. The first-order valence-electron chi connectivity index (χ1n) is 5.36. The maximum atomic E-state index is 11.2. The van der Waals surface area contributed by atoms with Crippen LogP contribution in [0.5, 0.6) is 5.75 Å². The standard InChI is InChI=1S/C14H9ClN2O2/c15-12-4-3-8(5-11(12)14(17)19)9-1-2-10(7-16)13(18)6-9/h1-6,18H,(H2,17,19). The van der Waals surface area contributed by atoms with Crippen LogP contribution in [0.4, 0.5) is 0 Å². The lowest BCUT2D eigenvalue weighted by molar-refractivity contribution is 0.100. The van der Waals surface area contributed by atoms with E-state index in [2.05, 4.69) is 0 Å². The molecule has 3 N–H and O–H groups in total. The summed E-state index contributed by atoms with van der Waals surface area (Å²) in [7, 11) is 0. The predicted octanol–water partition coefficient (Wildman–Crippen LogP) is 2.68. The predicted molar refractivity (Wildman–Crippen MR) is 71.8 cm³/mol. The van der Waals surface area contributed by atoms with Crippen LogP contribution in [0.2, 0.25) is 5.02 Å². The summed E-state index contributed by atoms with van der Waals surface area (Å²) in [5, 5.41) is 18.7. The molecule has 0 radical (unpaired) electrons. The lowest BCUT2D eigenvalue weighted by Crippen LogP contribution is -2.11. The number of phenols is 1. The molecule has 0 spiro atoms. The molecule has 0 heterocycles. The number of aromatic hydroxyl groups is 1. The van der Waals surface area contributed by atoms with Crippen LogP contribution in [0.1, 0.15) is 15.9 Å². The number of rotatable bonds is 2. The Bertz CT molecular complexity index is 705. The summed E-state index contributed by atoms with van der Waals surface area (Å²) < 4.78 is 0. The number of hydrogen-bond donors (Lipinski definition) is 2. The van der Waals surface area contributed by atoms with E-state index in [9.17, 15) is 9.90 Å². The SMILES string of the molecule is N#Cc1ccc(-c2ccc(Cl)c(C(N)=O)c2)cc1O. The van der Waals surface area contributed by atoms with Crippen molar-refractivity contribution in [3.63, 3.8) is 0 Å². The Morgan fingerprint density at radius 1 is 1.21 bits per heavy atom. The van der Waals surface area contributed by atoms with Gasteiger partial charge < -0.3 is 10.8 Å². The van der Waals surface area contributed by atoms with E-state index in [0.29, 0.717) is 11.1 Å². The van der Waals surface area contributed by atoms with Crippen LogP contribution in [0.25, 0.3) is 11.1 Å². The third-order valence-corrected chi connectivity index (χ3v) is 3.01. The van der Waals surface area contributed by atoms with Crippen molar-refractivity contribution >= 4 is 17.5 Å². The monoisotopic (exact) mass is 272 g/mol. The van der Waals surface area contributed by atoms with E-state index >= 15 is 0 Å². The minimum Gasteiger partial charge on any atom is -0.507 e. The largest absolute Gasteiger partial charge is 0.507 e. The normalized spacial score (nSPS) is 9.89. The molecule has 0 atom stereocenters. The number of carbonyl (C=O) groups excluding carboxylic acids is 1. The first-order valence-corrected chi connectivity index (χ1v) is 5.73. The summed E-state index contributed by atoms with van der Waals surface area (Å²) in [6, 6.07) is 11.3. The summed E-state index contributed by atoms with van der Waals surface area (Å²) in [5.74, 6) is -0.736. The highest BCUT2D eigenvalue weighted by Crippen LogP contribution is 2.28. The second kappa shape index (κ2) is 5.01. The van der Waals surface area contributed by atoms with Crippen molar-refractivity contribution in [3.8, 4) is 22.9 Å². The van der Waals surface area contributed by atoms with Crippen LogP contribution in [0.3, 0.4) is 0 Å². The van der Waals surface area contributed by atoms with E-state index < -0.39 is 5.91 Å². The molecular formula is C14H9ClN2O2. The zero-order chi connectivity index (χ0) is 14.0. The van der Waals surface area contributed by atoms with Gasteiger partial charge in [0.1, 0.15) is 11.8 Å². The van der Waals surface area contributed by atoms with Crippen molar-refractivity contribution in [1.29, 1.82) is 5.26 Å². The van der Waals surface area contributed by atoms with E-state index in [-0.39, 0.29) is 21.9 Å². The van der Waals surface area contributed by atoms with Crippen molar-refractivity contribution in [2.75, 3.05) is 0 Å². The number of halogens is 1. The number of nitriles is 1. The fourth-order valence-corrected chi connectivity index (χ4v) is 1.91. The number of benzene rings is 2. The molecule has 5 heteroatoms. The summed E-state index contributed by atoms with van der Waals surface area (Å²) in [6.45, 7) is 0. The van der Waals surface area contributed by atoms with Gasteiger partial charge in [-0.05, 0) is 35.4 Å². The van der Waals surface area contributed by atoms with Crippen molar-refractivity contribution in [3.05, 3.63) is 52.5 Å². The number of nitrogens with zero attached hydrogens (tertiary/aromatic N) is 1. The maximum absolute atomic E-state index is 11.2. The first kappa shape index (κ1) is 12.9. The number of primary amides is 1. The van der Waals surface area contributed by atoms with E-state index in [1.165, 1.54) is 12.1 Å². The fraction of sp³-hybridized carbons (Fsp3) is 0. The van der Waals surface area contributed by atoms with Gasteiger partial charge in [-0.15, -0.1) is 0 Å². The van der Waals surface area contributed by atoms with Gasteiger partial charge in [0.25, 0.3) is 0 Å². The highest BCUT2D eigenvalue weighted by Gasteiger charge is 2.10. The molecule has 0 bridgehead atoms. The summed E-state index contributed by atoms with van der Waals surface area (Å²) in [5.41, 5.74) is 6.96. The lowest BCUT2D eigenvalue weighted by Gasteiger charge is -2.06. The lowest BCUT2D eigenvalue weighted by atomic mass is 10.0. The van der Waals surface area contributed by atoms with Crippen LogP contribution < -0.4 is 5.73 Å². The Morgan fingerprint density at radius 2 is 1.84 bits per heavy atom. The van der Waals surface area contributed by atoms with Gasteiger partial charge in [0, 0.05) is 0 Å². The number of hydrogen-bond acceptors (Lipinski definition) is 3. The summed E-state index contributed by atoms with van der Waals surface area (Å²) in [6.07, 6.45) is 0. The highest BCUT2D eigenvalue weighted by molar-refractivity contribution is 6.33. The zero-order valence-corrected chi connectivity index (χ0v) is 10.5. The van der Waals surface area contributed by atoms with Gasteiger partial charge in [0.15, 0.2) is 0 Å². The summed E-state index contributed by atoms with van der Waals surface area (Å²) in [4.78, 5) is 11.2. The molecule has 0 saturated heterocycles. The van der Waals surface area contributed by atoms with E-state index in [4.69, 9.17) is 22.6 Å². The number of carbonyl (C=O) groups is 1. The van der Waals surface area contributed by atoms with Crippen LogP contribution in [0.15, 0.2) is 36.4 Å². The van der Waals surface area contributed by atoms with E-state index in [1.54, 1.807) is 24.3 Å². The third-order valence-electron chi connectivity index (χ3n) is 2.68. The highest BCUT2D eigenvalue weighted by atomic mass is 35.5. The molecule has 0 fully saturated rings. The van der Waals surface area contributed by atoms with Gasteiger partial charge >= 0.3 is 0 Å². The average Bonchev–Trinajstić information content (AvgIpc) is 2.38. The molecule has 0 saturated carbocycles. The Balaban J connectivity index is 2.54. The second-order valence-electron chi connectivity index (χ2n) is 3.90. The maximum Gasteiger partial charge on any atom is 0.250 e. The zero-order valence-electron chi connectivity index (χ0n) is 9.72. The van der Waals surface area contributed by atoms with Gasteiger partial charge in [-0.3, -0.25) is 4.79 Å². The van der Waals surface area contributed by atoms with Gasteiger partial charge in [-0.1, -0.05) is 23.7 Å². The Labute approximate surface area is 114 Å². The average molecular weight is 273 g/mol. The molecule has 2 aromatic rings. The van der Waals surface area contributed by atoms with Crippen LogP contribution in [0, 0.1) is 11.3 Å². The van der Waals surface area contributed by atoms with E-state index in [1.807, 2.05) is 6.07 Å². The number of nitrogens with two attached hydrogens (primary N) is 1. The van der Waals surface area contributed by atoms with Gasteiger partial charge in [-0.2, -0.15) is 5.26 Å². The van der Waals surface area contributed by atoms with E-state index in [0.717, 1.165) is 0 Å². The number of amides is 1. The molecule has 0 aliphatic carbocycles. The van der Waals surface area contributed by atoms with Gasteiger partial charge in [0.2, 0.25) is 5.91 Å². The molecular weight excluding hydrogens is 264 g/mol. The molecule has 19 heavy (non-hydrogen) atoms. The topological polar surface area (TPSA) is 87.1 Å². The quantitative estimate of drug-likeness (QED) is 0.881. The van der Waals surface area contributed by atoms with Crippen molar-refractivity contribution < 1.29 is 9.90 Å². The van der Waals surface area contributed by atoms with Crippen molar-refractivity contribution in [2.45, 2.75) is 0 Å². The Morgan fingerprint density at radius 3 is 2.42 bits per heavy atom. The smallest absolute Gasteiger partial charge is 0.250 e. The fourth-order valence-electron chi connectivity index (χ4n) is 1.70.